The van der Waals surface area contributed by atoms with Gasteiger partial charge in [-0.1, -0.05) is 51.2 Å². The maximum absolute atomic E-state index is 14.0. The minimum Gasteiger partial charge on any atom is -0.465 e. The number of aromatic nitrogens is 1. The lowest BCUT2D eigenvalue weighted by Gasteiger charge is -2.31. The fourth-order valence-corrected chi connectivity index (χ4v) is 8.31. The van der Waals surface area contributed by atoms with Gasteiger partial charge in [-0.25, -0.2) is 4.90 Å². The Labute approximate surface area is 243 Å². The Morgan fingerprint density at radius 1 is 0.974 bits per heavy atom. The summed E-state index contributed by atoms with van der Waals surface area (Å²) < 4.78 is 7.32. The molecular formula is C28H28BrN3O5S2. The second-order valence-corrected chi connectivity index (χ2v) is 12.3. The summed E-state index contributed by atoms with van der Waals surface area (Å²) in [7, 11) is 0. The van der Waals surface area contributed by atoms with Crippen molar-refractivity contribution in [2.45, 2.75) is 43.5 Å². The third-order valence-corrected chi connectivity index (χ3v) is 10.2. The fourth-order valence-electron chi connectivity index (χ4n) is 5.28. The Balaban J connectivity index is 1.62. The highest BCUT2D eigenvalue weighted by molar-refractivity contribution is 9.10. The van der Waals surface area contributed by atoms with E-state index in [0.29, 0.717) is 15.6 Å². The second-order valence-electron chi connectivity index (χ2n) is 9.22. The molecule has 1 aromatic heterocycles. The molecule has 0 bridgehead atoms. The van der Waals surface area contributed by atoms with Gasteiger partial charge in [0.05, 0.1) is 23.2 Å². The van der Waals surface area contributed by atoms with Crippen molar-refractivity contribution in [3.63, 3.8) is 0 Å². The van der Waals surface area contributed by atoms with Crippen LogP contribution in [0.15, 0.2) is 62.8 Å². The molecule has 8 nitrogen and oxygen atoms in total. The van der Waals surface area contributed by atoms with Gasteiger partial charge in [0.15, 0.2) is 0 Å². The number of halogens is 1. The second kappa shape index (κ2) is 11.3. The predicted octanol–water partition coefficient (Wildman–Crippen LogP) is 4.88. The van der Waals surface area contributed by atoms with Crippen molar-refractivity contribution in [2.75, 3.05) is 29.5 Å². The number of rotatable bonds is 8. The van der Waals surface area contributed by atoms with E-state index in [1.807, 2.05) is 24.3 Å². The minimum atomic E-state index is -0.733. The largest absolute Gasteiger partial charge is 0.465 e. The highest BCUT2D eigenvalue weighted by Crippen LogP contribution is 2.54. The number of thioether (sulfide) groups is 1. The van der Waals surface area contributed by atoms with Crippen molar-refractivity contribution in [3.8, 4) is 0 Å². The van der Waals surface area contributed by atoms with Gasteiger partial charge in [0.25, 0.3) is 0 Å². The lowest BCUT2D eigenvalue weighted by atomic mass is 9.83. The Kier molecular flexibility index (Phi) is 8.02. The number of nitrogens with zero attached hydrogens (tertiary/aromatic N) is 3. The molecule has 39 heavy (non-hydrogen) atoms. The highest BCUT2D eigenvalue weighted by Gasteiger charge is 2.56. The summed E-state index contributed by atoms with van der Waals surface area (Å²) >= 11 is 5.64. The standard InChI is InChI=1S/C28H28BrN3O5S2/c1-4-30(5-2)18-11-7-16(8-12-18)21-22-23(26(35)32(25(22)34)19-13-9-17(29)10-14-19)38-27-24(21)39-28(36)31(27)15-20(33)37-6-3/h7-14,21-23H,4-6,15H2,1-3H3/t21-,22?,23?/m1/s1. The molecule has 1 saturated heterocycles. The van der Waals surface area contributed by atoms with Crippen LogP contribution in [0.4, 0.5) is 11.4 Å². The number of esters is 1. The lowest BCUT2D eigenvalue weighted by Crippen LogP contribution is -2.32. The average Bonchev–Trinajstić information content (AvgIpc) is 3.37. The summed E-state index contributed by atoms with van der Waals surface area (Å²) in [6.07, 6.45) is 0. The topological polar surface area (TPSA) is 88.9 Å². The maximum atomic E-state index is 14.0. The van der Waals surface area contributed by atoms with Crippen molar-refractivity contribution in [1.82, 2.24) is 4.57 Å². The average molecular weight is 631 g/mol. The molecule has 0 saturated carbocycles. The van der Waals surface area contributed by atoms with Crippen molar-refractivity contribution < 1.29 is 19.1 Å². The first-order valence-electron chi connectivity index (χ1n) is 12.8. The maximum Gasteiger partial charge on any atom is 0.326 e. The summed E-state index contributed by atoms with van der Waals surface area (Å²) in [5.74, 6) is -2.33. The van der Waals surface area contributed by atoms with Crippen LogP contribution in [0.5, 0.6) is 0 Å². The molecule has 11 heteroatoms. The SMILES string of the molecule is CCOC(=O)Cn1c2c(sc1=O)[C@H](c1ccc(N(CC)CC)cc1)C1C(=O)N(c3ccc(Br)cc3)C(=O)C1S2. The molecule has 3 heterocycles. The summed E-state index contributed by atoms with van der Waals surface area (Å²) in [4.78, 5) is 57.1. The van der Waals surface area contributed by atoms with Gasteiger partial charge in [-0.2, -0.15) is 0 Å². The van der Waals surface area contributed by atoms with Gasteiger partial charge in [-0.15, -0.1) is 0 Å². The molecule has 3 aromatic rings. The van der Waals surface area contributed by atoms with E-state index in [1.54, 1.807) is 31.2 Å². The number of carbonyl (C=O) groups is 3. The Morgan fingerprint density at radius 3 is 2.26 bits per heavy atom. The van der Waals surface area contributed by atoms with Gasteiger partial charge in [0, 0.05) is 34.0 Å². The molecular weight excluding hydrogens is 602 g/mol. The quantitative estimate of drug-likeness (QED) is 0.259. The molecule has 0 radical (unpaired) electrons. The summed E-state index contributed by atoms with van der Waals surface area (Å²) in [5, 5.41) is -0.181. The molecule has 2 aromatic carbocycles. The minimum absolute atomic E-state index is 0.203. The van der Waals surface area contributed by atoms with E-state index in [-0.39, 0.29) is 29.8 Å². The van der Waals surface area contributed by atoms with Crippen LogP contribution in [-0.4, -0.2) is 47.3 Å². The van der Waals surface area contributed by atoms with Crippen molar-refractivity contribution in [1.29, 1.82) is 0 Å². The van der Waals surface area contributed by atoms with E-state index in [0.717, 1.165) is 40.1 Å². The lowest BCUT2D eigenvalue weighted by molar-refractivity contribution is -0.144. The fraction of sp³-hybridized carbons (Fsp3) is 0.357. The third kappa shape index (κ3) is 4.96. The van der Waals surface area contributed by atoms with E-state index in [1.165, 1.54) is 21.2 Å². The first-order valence-corrected chi connectivity index (χ1v) is 15.3. The number of fused-ring (bicyclic) bond motifs is 2. The zero-order chi connectivity index (χ0) is 27.8. The number of carbonyl (C=O) groups excluding carboxylic acids is 3. The van der Waals surface area contributed by atoms with Crippen LogP contribution >= 0.6 is 39.0 Å². The monoisotopic (exact) mass is 629 g/mol. The van der Waals surface area contributed by atoms with Crippen LogP contribution in [0.25, 0.3) is 0 Å². The number of imide groups is 1. The van der Waals surface area contributed by atoms with E-state index in [9.17, 15) is 19.2 Å². The molecule has 2 aliphatic heterocycles. The van der Waals surface area contributed by atoms with Crippen LogP contribution in [0.2, 0.25) is 0 Å². The number of amides is 2. The summed E-state index contributed by atoms with van der Waals surface area (Å²) in [6, 6.07) is 15.1. The number of benzene rings is 2. The molecule has 0 N–H and O–H groups in total. The van der Waals surface area contributed by atoms with Gasteiger partial charge in [0.1, 0.15) is 11.8 Å². The molecule has 2 amide bonds. The molecule has 0 aliphatic carbocycles. The molecule has 2 unspecified atom stereocenters. The zero-order valence-electron chi connectivity index (χ0n) is 21.8. The van der Waals surface area contributed by atoms with Gasteiger partial charge >= 0.3 is 10.8 Å². The molecule has 204 valence electrons. The Bertz CT molecular complexity index is 1460. The molecule has 5 rings (SSSR count). The summed E-state index contributed by atoms with van der Waals surface area (Å²) in [6.45, 7) is 7.58. The predicted molar refractivity (Wildman–Crippen MR) is 157 cm³/mol. The number of hydrogen-bond donors (Lipinski definition) is 0. The number of hydrogen-bond acceptors (Lipinski definition) is 8. The Morgan fingerprint density at radius 2 is 1.64 bits per heavy atom. The van der Waals surface area contributed by atoms with Crippen molar-refractivity contribution >= 4 is 68.2 Å². The summed E-state index contributed by atoms with van der Waals surface area (Å²) in [5.41, 5.74) is 2.42. The Hall–Kier alpha value is -2.89. The van der Waals surface area contributed by atoms with Crippen LogP contribution in [-0.2, 0) is 25.7 Å². The number of ether oxygens (including phenoxy) is 1. The van der Waals surface area contributed by atoms with E-state index < -0.39 is 23.1 Å². The molecule has 1 fully saturated rings. The van der Waals surface area contributed by atoms with Crippen LogP contribution in [0, 0.1) is 5.92 Å². The number of thiazole rings is 1. The van der Waals surface area contributed by atoms with E-state index >= 15 is 0 Å². The van der Waals surface area contributed by atoms with Crippen molar-refractivity contribution in [2.24, 2.45) is 5.92 Å². The van der Waals surface area contributed by atoms with Gasteiger partial charge < -0.3 is 9.64 Å². The van der Waals surface area contributed by atoms with Crippen molar-refractivity contribution in [3.05, 3.63) is 73.1 Å². The molecule has 3 atom stereocenters. The highest BCUT2D eigenvalue weighted by atomic mass is 79.9. The van der Waals surface area contributed by atoms with Gasteiger partial charge in [-0.05, 0) is 62.7 Å². The molecule has 2 aliphatic rings. The van der Waals surface area contributed by atoms with E-state index in [4.69, 9.17) is 4.74 Å². The van der Waals surface area contributed by atoms with Crippen LogP contribution in [0.3, 0.4) is 0 Å². The first-order chi connectivity index (χ1) is 18.8. The first kappa shape index (κ1) is 27.7. The number of anilines is 2. The van der Waals surface area contributed by atoms with Gasteiger partial charge in [0.2, 0.25) is 11.8 Å². The third-order valence-electron chi connectivity index (χ3n) is 7.11. The van der Waals surface area contributed by atoms with Crippen LogP contribution in [0.1, 0.15) is 37.1 Å². The van der Waals surface area contributed by atoms with Crippen LogP contribution < -0.4 is 14.7 Å². The molecule has 0 spiro atoms. The smallest absolute Gasteiger partial charge is 0.326 e. The normalized spacial score (nSPS) is 20.1. The zero-order valence-corrected chi connectivity index (χ0v) is 25.0. The van der Waals surface area contributed by atoms with E-state index in [2.05, 4.69) is 34.7 Å². The van der Waals surface area contributed by atoms with Gasteiger partial charge in [-0.3, -0.25) is 23.7 Å².